The molecule has 0 radical (unpaired) electrons. The monoisotopic (exact) mass is 226 g/mol. The summed E-state index contributed by atoms with van der Waals surface area (Å²) in [5.41, 5.74) is 0.738. The fraction of sp³-hybridized carbons (Fsp3) is 0.417. The minimum atomic E-state index is -0.972. The van der Waals surface area contributed by atoms with Gasteiger partial charge in [0, 0.05) is 0 Å². The van der Waals surface area contributed by atoms with E-state index in [9.17, 15) is 9.18 Å². The number of aliphatic carboxylic acids is 1. The third-order valence-corrected chi connectivity index (χ3v) is 2.24. The molecule has 1 atom stereocenters. The predicted molar refractivity (Wildman–Crippen MR) is 58.1 cm³/mol. The summed E-state index contributed by atoms with van der Waals surface area (Å²) in [5, 5.41) is 8.72. The van der Waals surface area contributed by atoms with E-state index >= 15 is 0 Å². The molecule has 0 unspecified atom stereocenters. The van der Waals surface area contributed by atoms with Crippen molar-refractivity contribution in [2.24, 2.45) is 0 Å². The molecule has 0 fully saturated rings. The zero-order valence-electron chi connectivity index (χ0n) is 9.37. The van der Waals surface area contributed by atoms with Crippen LogP contribution < -0.4 is 4.74 Å². The van der Waals surface area contributed by atoms with Crippen molar-refractivity contribution >= 4 is 5.97 Å². The lowest BCUT2D eigenvalue weighted by molar-refractivity contribution is -0.145. The molecule has 0 amide bonds. The lowest BCUT2D eigenvalue weighted by Crippen LogP contribution is -2.30. The summed E-state index contributed by atoms with van der Waals surface area (Å²) >= 11 is 0. The van der Waals surface area contributed by atoms with E-state index in [2.05, 4.69) is 0 Å². The largest absolute Gasteiger partial charge is 0.479 e. The number of carboxylic acid groups (broad SMARTS) is 1. The number of fused-ring (bicyclic) bond motifs is 1. The smallest absolute Gasteiger partial charge is 0.344 e. The molecule has 0 aliphatic carbocycles. The lowest BCUT2D eigenvalue weighted by atomic mass is 10.0. The maximum atomic E-state index is 12.8. The van der Waals surface area contributed by atoms with Gasteiger partial charge >= 0.3 is 5.97 Å². The van der Waals surface area contributed by atoms with Crippen LogP contribution in [0, 0.1) is 5.82 Å². The Morgan fingerprint density at radius 1 is 1.50 bits per heavy atom. The number of carbonyl (C=O) groups is 1. The zero-order valence-corrected chi connectivity index (χ0v) is 9.37. The molecule has 16 heavy (non-hydrogen) atoms. The van der Waals surface area contributed by atoms with E-state index < -0.39 is 12.1 Å². The number of rotatable bonds is 1. The average molecular weight is 226 g/mol. The number of ether oxygens (including phenoxy) is 1. The van der Waals surface area contributed by atoms with Crippen molar-refractivity contribution in [2.45, 2.75) is 32.8 Å². The van der Waals surface area contributed by atoms with E-state index in [-0.39, 0.29) is 5.82 Å². The number of halogens is 1. The fourth-order valence-electron chi connectivity index (χ4n) is 1.53. The second-order valence-corrected chi connectivity index (χ2v) is 3.24. The van der Waals surface area contributed by atoms with Gasteiger partial charge in [0.25, 0.3) is 0 Å². The van der Waals surface area contributed by atoms with Crippen LogP contribution >= 0.6 is 0 Å². The molecule has 0 saturated carbocycles. The van der Waals surface area contributed by atoms with Crippen molar-refractivity contribution in [3.8, 4) is 5.75 Å². The number of benzene rings is 1. The van der Waals surface area contributed by atoms with Crippen LogP contribution in [-0.4, -0.2) is 17.2 Å². The molecule has 1 aliphatic heterocycles. The van der Waals surface area contributed by atoms with Gasteiger partial charge in [0.15, 0.2) is 6.10 Å². The Balaban J connectivity index is 0.000000606. The van der Waals surface area contributed by atoms with Crippen molar-refractivity contribution in [1.82, 2.24) is 0 Å². The second kappa shape index (κ2) is 5.49. The highest BCUT2D eigenvalue weighted by Crippen LogP contribution is 2.28. The van der Waals surface area contributed by atoms with Crippen LogP contribution in [-0.2, 0) is 11.2 Å². The van der Waals surface area contributed by atoms with Crippen molar-refractivity contribution in [1.29, 1.82) is 0 Å². The van der Waals surface area contributed by atoms with Crippen molar-refractivity contribution < 1.29 is 19.0 Å². The molecule has 1 aliphatic rings. The van der Waals surface area contributed by atoms with Crippen LogP contribution in [0.2, 0.25) is 0 Å². The third-order valence-electron chi connectivity index (χ3n) is 2.24. The average Bonchev–Trinajstić information content (AvgIpc) is 2.30. The standard InChI is InChI=1S/C10H9FO3.C2H6/c11-7-2-4-8-6(5-7)1-3-9(14-8)10(12)13;1-2/h2,4-5,9H,1,3H2,(H,12,13);1-2H3/t9-;/m0./s1. The fourth-order valence-corrected chi connectivity index (χ4v) is 1.53. The first-order chi connectivity index (χ1) is 7.66. The van der Waals surface area contributed by atoms with E-state index in [0.29, 0.717) is 18.6 Å². The first-order valence-corrected chi connectivity index (χ1v) is 5.35. The molecule has 0 bridgehead atoms. The van der Waals surface area contributed by atoms with Gasteiger partial charge in [-0.05, 0) is 36.6 Å². The van der Waals surface area contributed by atoms with E-state index in [1.54, 1.807) is 0 Å². The minimum Gasteiger partial charge on any atom is -0.479 e. The van der Waals surface area contributed by atoms with Crippen molar-refractivity contribution in [3.63, 3.8) is 0 Å². The molecular formula is C12H15FO3. The lowest BCUT2D eigenvalue weighted by Gasteiger charge is -2.22. The normalized spacial score (nSPS) is 17.6. The van der Waals surface area contributed by atoms with Gasteiger partial charge in [-0.1, -0.05) is 13.8 Å². The van der Waals surface area contributed by atoms with Crippen LogP contribution in [0.3, 0.4) is 0 Å². The van der Waals surface area contributed by atoms with E-state index in [0.717, 1.165) is 5.56 Å². The maximum Gasteiger partial charge on any atom is 0.344 e. The van der Waals surface area contributed by atoms with Crippen LogP contribution in [0.4, 0.5) is 4.39 Å². The molecule has 2 rings (SSSR count). The minimum absolute atomic E-state index is 0.318. The summed E-state index contributed by atoms with van der Waals surface area (Å²) in [6.45, 7) is 4.00. The maximum absolute atomic E-state index is 12.8. The van der Waals surface area contributed by atoms with Crippen LogP contribution in [0.5, 0.6) is 5.75 Å². The molecule has 1 aromatic carbocycles. The SMILES string of the molecule is CC.O=C(O)[C@@H]1CCc2cc(F)ccc2O1. The summed E-state index contributed by atoms with van der Waals surface area (Å²) in [5.74, 6) is -0.814. The molecule has 1 aromatic rings. The molecule has 0 saturated heterocycles. The zero-order chi connectivity index (χ0) is 12.1. The van der Waals surface area contributed by atoms with Crippen LogP contribution in [0.15, 0.2) is 18.2 Å². The summed E-state index contributed by atoms with van der Waals surface area (Å²) in [6, 6.07) is 4.12. The predicted octanol–water partition coefficient (Wildman–Crippen LogP) is 2.63. The first-order valence-electron chi connectivity index (χ1n) is 5.35. The third kappa shape index (κ3) is 2.72. The molecule has 0 spiro atoms. The first kappa shape index (κ1) is 12.5. The Kier molecular flexibility index (Phi) is 4.28. The summed E-state index contributed by atoms with van der Waals surface area (Å²) < 4.78 is 18.0. The Labute approximate surface area is 93.9 Å². The summed E-state index contributed by atoms with van der Waals surface area (Å²) in [7, 11) is 0. The Morgan fingerprint density at radius 3 is 2.81 bits per heavy atom. The van der Waals surface area contributed by atoms with Crippen molar-refractivity contribution in [2.75, 3.05) is 0 Å². The number of carboxylic acids is 1. The van der Waals surface area contributed by atoms with Gasteiger partial charge in [0.2, 0.25) is 0 Å². The van der Waals surface area contributed by atoms with Gasteiger partial charge in [-0.25, -0.2) is 9.18 Å². The quantitative estimate of drug-likeness (QED) is 0.800. The van der Waals surface area contributed by atoms with Gasteiger partial charge in [-0.2, -0.15) is 0 Å². The van der Waals surface area contributed by atoms with Gasteiger partial charge in [-0.3, -0.25) is 0 Å². The van der Waals surface area contributed by atoms with Gasteiger partial charge in [-0.15, -0.1) is 0 Å². The van der Waals surface area contributed by atoms with Crippen LogP contribution in [0.25, 0.3) is 0 Å². The highest BCUT2D eigenvalue weighted by molar-refractivity contribution is 5.73. The van der Waals surface area contributed by atoms with E-state index in [1.807, 2.05) is 13.8 Å². The Bertz CT molecular complexity index is 377. The van der Waals surface area contributed by atoms with Gasteiger partial charge in [0.05, 0.1) is 0 Å². The molecule has 4 heteroatoms. The molecule has 88 valence electrons. The summed E-state index contributed by atoms with van der Waals surface area (Å²) in [6.07, 6.45) is 0.142. The van der Waals surface area contributed by atoms with Gasteiger partial charge in [0.1, 0.15) is 11.6 Å². The summed E-state index contributed by atoms with van der Waals surface area (Å²) in [4.78, 5) is 10.6. The van der Waals surface area contributed by atoms with Gasteiger partial charge < -0.3 is 9.84 Å². The molecule has 3 nitrogen and oxygen atoms in total. The number of hydrogen-bond acceptors (Lipinski definition) is 2. The molecule has 0 aromatic heterocycles. The Morgan fingerprint density at radius 2 is 2.19 bits per heavy atom. The second-order valence-electron chi connectivity index (χ2n) is 3.24. The van der Waals surface area contributed by atoms with Crippen LogP contribution in [0.1, 0.15) is 25.8 Å². The molecular weight excluding hydrogens is 211 g/mol. The number of aryl methyl sites for hydroxylation is 1. The molecule has 1 N–H and O–H groups in total. The topological polar surface area (TPSA) is 46.5 Å². The highest BCUT2D eigenvalue weighted by Gasteiger charge is 2.25. The van der Waals surface area contributed by atoms with Crippen molar-refractivity contribution in [3.05, 3.63) is 29.6 Å². The number of hydrogen-bond donors (Lipinski definition) is 1. The Hall–Kier alpha value is -1.58. The molecule has 1 heterocycles. The van der Waals surface area contributed by atoms with E-state index in [1.165, 1.54) is 18.2 Å². The highest BCUT2D eigenvalue weighted by atomic mass is 19.1. The van der Waals surface area contributed by atoms with E-state index in [4.69, 9.17) is 9.84 Å².